The summed E-state index contributed by atoms with van der Waals surface area (Å²) in [6.45, 7) is 3.59. The second-order valence-electron chi connectivity index (χ2n) is 3.92. The fourth-order valence-corrected chi connectivity index (χ4v) is 2.52. The monoisotopic (exact) mass is 262 g/mol. The minimum absolute atomic E-state index is 0.100. The van der Waals surface area contributed by atoms with E-state index in [0.717, 1.165) is 10.7 Å². The lowest BCUT2D eigenvalue weighted by atomic mass is 10.2. The average molecular weight is 262 g/mol. The van der Waals surface area contributed by atoms with Crippen LogP contribution < -0.4 is 5.32 Å². The first-order chi connectivity index (χ1) is 8.61. The smallest absolute Gasteiger partial charge is 0.267 e. The van der Waals surface area contributed by atoms with E-state index < -0.39 is 0 Å². The fourth-order valence-electron chi connectivity index (χ4n) is 1.70. The van der Waals surface area contributed by atoms with Crippen LogP contribution >= 0.6 is 11.3 Å². The van der Waals surface area contributed by atoms with Gasteiger partial charge < -0.3 is 10.4 Å². The van der Waals surface area contributed by atoms with Crippen molar-refractivity contribution in [1.82, 2.24) is 4.98 Å². The molecule has 94 valence electrons. The van der Waals surface area contributed by atoms with Gasteiger partial charge in [0.15, 0.2) is 0 Å². The summed E-state index contributed by atoms with van der Waals surface area (Å²) in [5, 5.41) is 12.9. The predicted octanol–water partition coefficient (Wildman–Crippen LogP) is 2.50. The quantitative estimate of drug-likeness (QED) is 0.893. The number of benzene rings is 1. The van der Waals surface area contributed by atoms with E-state index in [1.165, 1.54) is 11.3 Å². The van der Waals surface area contributed by atoms with Gasteiger partial charge in [0.25, 0.3) is 5.91 Å². The number of aliphatic hydroxyl groups excluding tert-OH is 1. The molecule has 2 aromatic rings. The van der Waals surface area contributed by atoms with Crippen LogP contribution in [0.5, 0.6) is 0 Å². The van der Waals surface area contributed by atoms with Crippen LogP contribution in [-0.4, -0.2) is 16.0 Å². The van der Waals surface area contributed by atoms with Gasteiger partial charge in [-0.2, -0.15) is 0 Å². The number of para-hydroxylation sites is 1. The van der Waals surface area contributed by atoms with Crippen LogP contribution in [0.15, 0.2) is 24.3 Å². The van der Waals surface area contributed by atoms with Crippen LogP contribution in [0.1, 0.15) is 25.9 Å². The van der Waals surface area contributed by atoms with Crippen LogP contribution in [0.4, 0.5) is 5.69 Å². The average Bonchev–Trinajstić information content (AvgIpc) is 2.69. The lowest BCUT2D eigenvalue weighted by Crippen LogP contribution is -2.13. The van der Waals surface area contributed by atoms with Crippen LogP contribution in [0.3, 0.4) is 0 Å². The molecule has 2 N–H and O–H groups in total. The largest absolute Gasteiger partial charge is 0.392 e. The van der Waals surface area contributed by atoms with E-state index in [2.05, 4.69) is 10.3 Å². The molecule has 0 spiro atoms. The highest BCUT2D eigenvalue weighted by Crippen LogP contribution is 2.21. The van der Waals surface area contributed by atoms with Crippen LogP contribution in [0.2, 0.25) is 0 Å². The second-order valence-corrected chi connectivity index (χ2v) is 5.12. The van der Waals surface area contributed by atoms with E-state index in [1.54, 1.807) is 12.1 Å². The third-order valence-corrected chi connectivity index (χ3v) is 3.62. The summed E-state index contributed by atoms with van der Waals surface area (Å²) in [7, 11) is 0. The lowest BCUT2D eigenvalue weighted by Gasteiger charge is -2.08. The number of carbonyl (C=O) groups excluding carboxylic acids is 1. The minimum atomic E-state index is -0.181. The molecule has 18 heavy (non-hydrogen) atoms. The number of aromatic nitrogens is 1. The zero-order valence-corrected chi connectivity index (χ0v) is 11.0. The van der Waals surface area contributed by atoms with E-state index in [0.29, 0.717) is 16.1 Å². The van der Waals surface area contributed by atoms with E-state index >= 15 is 0 Å². The Hall–Kier alpha value is -1.72. The maximum absolute atomic E-state index is 12.1. The molecule has 1 aromatic heterocycles. The van der Waals surface area contributed by atoms with Crippen molar-refractivity contribution in [3.05, 3.63) is 45.4 Å². The number of rotatable bonds is 3. The maximum Gasteiger partial charge on any atom is 0.267 e. The van der Waals surface area contributed by atoms with Crippen molar-refractivity contribution in [2.75, 3.05) is 5.32 Å². The minimum Gasteiger partial charge on any atom is -0.392 e. The van der Waals surface area contributed by atoms with Gasteiger partial charge >= 0.3 is 0 Å². The Labute approximate surface area is 109 Å². The number of nitrogens with zero attached hydrogens (tertiary/aromatic N) is 1. The topological polar surface area (TPSA) is 62.2 Å². The zero-order chi connectivity index (χ0) is 13.1. The molecule has 0 saturated carbocycles. The van der Waals surface area contributed by atoms with Gasteiger partial charge in [0.1, 0.15) is 4.88 Å². The second kappa shape index (κ2) is 5.29. The molecule has 0 atom stereocenters. The van der Waals surface area contributed by atoms with Crippen molar-refractivity contribution in [3.63, 3.8) is 0 Å². The molecule has 0 aliphatic carbocycles. The Morgan fingerprint density at radius 1 is 1.39 bits per heavy atom. The number of hydrogen-bond donors (Lipinski definition) is 2. The molecule has 0 aliphatic heterocycles. The van der Waals surface area contributed by atoms with Crippen molar-refractivity contribution < 1.29 is 9.90 Å². The number of nitrogens with one attached hydrogen (secondary N) is 1. The lowest BCUT2D eigenvalue weighted by molar-refractivity contribution is 0.102. The summed E-state index contributed by atoms with van der Waals surface area (Å²) >= 11 is 1.37. The van der Waals surface area contributed by atoms with Crippen LogP contribution in [0, 0.1) is 13.8 Å². The molecule has 0 radical (unpaired) electrons. The number of thiazole rings is 1. The highest BCUT2D eigenvalue weighted by molar-refractivity contribution is 7.13. The van der Waals surface area contributed by atoms with Crippen molar-refractivity contribution in [2.24, 2.45) is 0 Å². The Morgan fingerprint density at radius 3 is 2.72 bits per heavy atom. The van der Waals surface area contributed by atoms with Gasteiger partial charge in [-0.1, -0.05) is 18.2 Å². The van der Waals surface area contributed by atoms with Crippen LogP contribution in [0.25, 0.3) is 0 Å². The fraction of sp³-hybridized carbons (Fsp3) is 0.231. The number of hydrogen-bond acceptors (Lipinski definition) is 4. The summed E-state index contributed by atoms with van der Waals surface area (Å²) in [6, 6.07) is 7.19. The predicted molar refractivity (Wildman–Crippen MR) is 71.9 cm³/mol. The van der Waals surface area contributed by atoms with Gasteiger partial charge in [0.2, 0.25) is 0 Å². The molecule has 1 amide bonds. The summed E-state index contributed by atoms with van der Waals surface area (Å²) in [5.74, 6) is -0.181. The van der Waals surface area contributed by atoms with Crippen LogP contribution in [-0.2, 0) is 6.61 Å². The van der Waals surface area contributed by atoms with Crippen molar-refractivity contribution in [1.29, 1.82) is 0 Å². The molecule has 5 heteroatoms. The molecule has 0 aliphatic rings. The molecule has 0 fully saturated rings. The van der Waals surface area contributed by atoms with Crippen molar-refractivity contribution in [3.8, 4) is 0 Å². The molecule has 0 bridgehead atoms. The molecule has 4 nitrogen and oxygen atoms in total. The van der Waals surface area contributed by atoms with E-state index in [4.69, 9.17) is 0 Å². The highest BCUT2D eigenvalue weighted by Gasteiger charge is 2.14. The first kappa shape index (κ1) is 12.7. The van der Waals surface area contributed by atoms with E-state index in [1.807, 2.05) is 26.0 Å². The summed E-state index contributed by atoms with van der Waals surface area (Å²) in [6.07, 6.45) is 0. The Morgan fingerprint density at radius 2 is 2.11 bits per heavy atom. The third-order valence-electron chi connectivity index (χ3n) is 2.55. The number of aryl methyl sites for hydroxylation is 2. The Bertz CT molecular complexity index is 578. The van der Waals surface area contributed by atoms with E-state index in [9.17, 15) is 9.90 Å². The highest BCUT2D eigenvalue weighted by atomic mass is 32.1. The molecule has 0 saturated heterocycles. The maximum atomic E-state index is 12.1. The first-order valence-electron chi connectivity index (χ1n) is 5.56. The number of amides is 1. The molecule has 1 heterocycles. The molecule has 2 rings (SSSR count). The van der Waals surface area contributed by atoms with Gasteiger partial charge in [0, 0.05) is 11.3 Å². The zero-order valence-electron chi connectivity index (χ0n) is 10.2. The summed E-state index contributed by atoms with van der Waals surface area (Å²) in [4.78, 5) is 16.9. The van der Waals surface area contributed by atoms with Crippen molar-refractivity contribution >= 4 is 22.9 Å². The van der Waals surface area contributed by atoms with Gasteiger partial charge in [0.05, 0.1) is 17.3 Å². The van der Waals surface area contributed by atoms with Gasteiger partial charge in [-0.25, -0.2) is 4.98 Å². The number of carbonyl (C=O) groups is 1. The standard InChI is InChI=1S/C13H14N2O2S/c1-8-12(18-9(2)14-8)13(17)15-11-6-4-3-5-10(11)7-16/h3-6,16H,7H2,1-2H3,(H,15,17). The van der Waals surface area contributed by atoms with Crippen molar-refractivity contribution in [2.45, 2.75) is 20.5 Å². The molecular weight excluding hydrogens is 248 g/mol. The van der Waals surface area contributed by atoms with Gasteiger partial charge in [-0.3, -0.25) is 4.79 Å². The van der Waals surface area contributed by atoms with Gasteiger partial charge in [-0.05, 0) is 19.9 Å². The summed E-state index contributed by atoms with van der Waals surface area (Å²) < 4.78 is 0. The Balaban J connectivity index is 2.24. The van der Waals surface area contributed by atoms with Gasteiger partial charge in [-0.15, -0.1) is 11.3 Å². The summed E-state index contributed by atoms with van der Waals surface area (Å²) in [5.41, 5.74) is 2.07. The van der Waals surface area contributed by atoms with E-state index in [-0.39, 0.29) is 12.5 Å². The Kier molecular flexibility index (Phi) is 3.74. The normalized spacial score (nSPS) is 10.4. The molecule has 1 aromatic carbocycles. The third kappa shape index (κ3) is 2.57. The number of anilines is 1. The molecular formula is C13H14N2O2S. The first-order valence-corrected chi connectivity index (χ1v) is 6.37. The SMILES string of the molecule is Cc1nc(C)c(C(=O)Nc2ccccc2CO)s1. The molecule has 0 unspecified atom stereocenters. The number of aliphatic hydroxyl groups is 1.